The van der Waals surface area contributed by atoms with E-state index in [1.807, 2.05) is 38.1 Å². The molecule has 0 bridgehead atoms. The molecular weight excluding hydrogens is 430 g/mol. The van der Waals surface area contributed by atoms with E-state index in [1.165, 1.54) is 0 Å². The second-order valence-corrected chi connectivity index (χ2v) is 7.56. The van der Waals surface area contributed by atoms with Gasteiger partial charge in [0.1, 0.15) is 17.6 Å². The van der Waals surface area contributed by atoms with Gasteiger partial charge in [0.05, 0.1) is 18.4 Å². The van der Waals surface area contributed by atoms with Crippen molar-refractivity contribution in [3.8, 4) is 0 Å². The minimum Gasteiger partial charge on any atom is -0.481 e. The lowest BCUT2D eigenvalue weighted by atomic mass is 10.2. The van der Waals surface area contributed by atoms with Crippen LogP contribution in [-0.2, 0) is 11.3 Å². The number of aldehydes is 1. The summed E-state index contributed by atoms with van der Waals surface area (Å²) in [4.78, 5) is 38.3. The molecule has 0 radical (unpaired) electrons. The van der Waals surface area contributed by atoms with Gasteiger partial charge in [0.25, 0.3) is 0 Å². The second-order valence-electron chi connectivity index (χ2n) is 7.18. The number of nitrogens with two attached hydrogens (primary N) is 1. The molecule has 0 aliphatic rings. The number of anilines is 2. The van der Waals surface area contributed by atoms with Crippen molar-refractivity contribution in [1.29, 1.82) is 0 Å². The number of nitrogens with zero attached hydrogens (tertiary/aromatic N) is 4. The van der Waals surface area contributed by atoms with Gasteiger partial charge in [0.2, 0.25) is 4.77 Å². The number of rotatable bonds is 8. The Labute approximate surface area is 190 Å². The first-order chi connectivity index (χ1) is 15.2. The standard InChI is InChI=1S/C15H14N6OS.C6H13NO2/c1-21(11-4-2-9(8-22)3-5-11)7-10-6-17-14-12(18-10)13(16)19-15(23)20-14;1-5(7-2)3-4-6(8)9/h2-6,8H,7H2,1H3,(H3,16,17,19,20,23);5,7H,3-4H2,1-2H3,(H,8,9). The zero-order valence-corrected chi connectivity index (χ0v) is 19.0. The molecule has 3 aromatic rings. The molecule has 32 heavy (non-hydrogen) atoms. The summed E-state index contributed by atoms with van der Waals surface area (Å²) in [5.74, 6) is -0.371. The highest BCUT2D eigenvalue weighted by atomic mass is 32.1. The van der Waals surface area contributed by atoms with Crippen LogP contribution >= 0.6 is 12.2 Å². The van der Waals surface area contributed by atoms with Gasteiger partial charge in [0.15, 0.2) is 5.65 Å². The molecule has 0 saturated carbocycles. The third-order valence-electron chi connectivity index (χ3n) is 4.66. The molecule has 0 aliphatic heterocycles. The number of nitrogens with one attached hydrogen (secondary N) is 2. The number of hydrogen-bond donors (Lipinski definition) is 4. The van der Waals surface area contributed by atoms with Crippen LogP contribution in [0.15, 0.2) is 30.5 Å². The molecule has 0 fully saturated rings. The molecule has 2 aromatic heterocycles. The van der Waals surface area contributed by atoms with Crippen LogP contribution in [0.1, 0.15) is 35.8 Å². The maximum atomic E-state index is 10.7. The van der Waals surface area contributed by atoms with Crippen molar-refractivity contribution in [2.75, 3.05) is 24.7 Å². The van der Waals surface area contributed by atoms with Gasteiger partial charge in [0, 0.05) is 30.8 Å². The lowest BCUT2D eigenvalue weighted by molar-refractivity contribution is -0.137. The molecule has 11 heteroatoms. The minimum absolute atomic E-state index is 0.252. The van der Waals surface area contributed by atoms with Crippen LogP contribution in [0.2, 0.25) is 0 Å². The Balaban J connectivity index is 0.000000344. The lowest BCUT2D eigenvalue weighted by Crippen LogP contribution is -2.21. The second kappa shape index (κ2) is 11.8. The van der Waals surface area contributed by atoms with E-state index >= 15 is 0 Å². The summed E-state index contributed by atoms with van der Waals surface area (Å²) < 4.78 is 0.282. The summed E-state index contributed by atoms with van der Waals surface area (Å²) in [6.45, 7) is 2.50. The first kappa shape index (κ1) is 24.8. The molecule has 0 spiro atoms. The number of carboxylic acids is 1. The molecule has 170 valence electrons. The quantitative estimate of drug-likeness (QED) is 0.293. The van der Waals surface area contributed by atoms with Crippen LogP contribution in [0.5, 0.6) is 0 Å². The third-order valence-corrected chi connectivity index (χ3v) is 4.85. The number of hydrogen-bond acceptors (Lipinski definition) is 9. The van der Waals surface area contributed by atoms with Crippen molar-refractivity contribution in [1.82, 2.24) is 25.3 Å². The molecule has 5 N–H and O–H groups in total. The third kappa shape index (κ3) is 7.36. The molecular formula is C21H27N7O3S. The van der Waals surface area contributed by atoms with E-state index < -0.39 is 5.97 Å². The fraction of sp³-hybridized carbons (Fsp3) is 0.333. The molecule has 0 aliphatic carbocycles. The minimum atomic E-state index is -0.725. The Morgan fingerprint density at radius 3 is 2.62 bits per heavy atom. The maximum Gasteiger partial charge on any atom is 0.303 e. The molecule has 2 heterocycles. The molecule has 3 rings (SSSR count). The van der Waals surface area contributed by atoms with E-state index in [-0.39, 0.29) is 11.2 Å². The van der Waals surface area contributed by atoms with Gasteiger partial charge >= 0.3 is 5.97 Å². The van der Waals surface area contributed by atoms with Crippen LogP contribution in [0, 0.1) is 4.77 Å². The van der Waals surface area contributed by atoms with E-state index in [9.17, 15) is 9.59 Å². The average Bonchev–Trinajstić information content (AvgIpc) is 2.78. The van der Waals surface area contributed by atoms with E-state index in [2.05, 4.69) is 25.3 Å². The number of carboxylic acid groups (broad SMARTS) is 1. The number of nitrogen functional groups attached to an aromatic ring is 1. The summed E-state index contributed by atoms with van der Waals surface area (Å²) in [7, 11) is 3.76. The topological polar surface area (TPSA) is 150 Å². The number of benzene rings is 1. The van der Waals surface area contributed by atoms with Gasteiger partial charge in [-0.15, -0.1) is 0 Å². The number of aromatic amines is 1. The summed E-state index contributed by atoms with van der Waals surface area (Å²) in [6.07, 6.45) is 3.42. The maximum absolute atomic E-state index is 10.7. The molecule has 10 nitrogen and oxygen atoms in total. The largest absolute Gasteiger partial charge is 0.481 e. The Bertz CT molecular complexity index is 1120. The molecule has 1 atom stereocenters. The predicted octanol–water partition coefficient (Wildman–Crippen LogP) is 2.57. The van der Waals surface area contributed by atoms with Crippen LogP contribution in [0.4, 0.5) is 11.5 Å². The van der Waals surface area contributed by atoms with E-state index in [1.54, 1.807) is 18.3 Å². The predicted molar refractivity (Wildman–Crippen MR) is 126 cm³/mol. The van der Waals surface area contributed by atoms with Gasteiger partial charge in [-0.25, -0.2) is 9.97 Å². The van der Waals surface area contributed by atoms with Crippen LogP contribution in [0.3, 0.4) is 0 Å². The monoisotopic (exact) mass is 457 g/mol. The van der Waals surface area contributed by atoms with Gasteiger partial charge in [-0.1, -0.05) is 0 Å². The zero-order chi connectivity index (χ0) is 23.7. The van der Waals surface area contributed by atoms with E-state index in [0.29, 0.717) is 41.6 Å². The van der Waals surface area contributed by atoms with E-state index in [0.717, 1.165) is 17.7 Å². The van der Waals surface area contributed by atoms with Crippen molar-refractivity contribution in [2.24, 2.45) is 0 Å². The Morgan fingerprint density at radius 2 is 2.03 bits per heavy atom. The molecule has 1 unspecified atom stereocenters. The van der Waals surface area contributed by atoms with Crippen molar-refractivity contribution < 1.29 is 14.7 Å². The first-order valence-corrected chi connectivity index (χ1v) is 10.3. The highest BCUT2D eigenvalue weighted by Gasteiger charge is 2.08. The molecule has 0 saturated heterocycles. The van der Waals surface area contributed by atoms with Crippen LogP contribution in [-0.4, -0.2) is 57.4 Å². The smallest absolute Gasteiger partial charge is 0.303 e. The van der Waals surface area contributed by atoms with Crippen molar-refractivity contribution in [3.63, 3.8) is 0 Å². The highest BCUT2D eigenvalue weighted by Crippen LogP contribution is 2.17. The summed E-state index contributed by atoms with van der Waals surface area (Å²) in [5, 5.41) is 11.2. The van der Waals surface area contributed by atoms with Crippen molar-refractivity contribution in [2.45, 2.75) is 32.4 Å². The number of carbonyl (C=O) groups excluding carboxylic acids is 1. The number of carbonyl (C=O) groups is 2. The van der Waals surface area contributed by atoms with Gasteiger partial charge < -0.3 is 26.0 Å². The lowest BCUT2D eigenvalue weighted by Gasteiger charge is -2.19. The highest BCUT2D eigenvalue weighted by molar-refractivity contribution is 7.71. The van der Waals surface area contributed by atoms with Crippen LogP contribution in [0.25, 0.3) is 11.2 Å². The summed E-state index contributed by atoms with van der Waals surface area (Å²) in [6, 6.07) is 7.61. The Hall–Kier alpha value is -3.44. The first-order valence-electron chi connectivity index (χ1n) is 9.90. The fourth-order valence-electron chi connectivity index (χ4n) is 2.68. The van der Waals surface area contributed by atoms with Crippen molar-refractivity contribution >= 4 is 47.1 Å². The normalized spacial score (nSPS) is 11.3. The summed E-state index contributed by atoms with van der Waals surface area (Å²) >= 11 is 4.97. The number of H-pyrrole nitrogens is 1. The van der Waals surface area contributed by atoms with Crippen molar-refractivity contribution in [3.05, 3.63) is 46.5 Å². The van der Waals surface area contributed by atoms with E-state index in [4.69, 9.17) is 23.1 Å². The summed E-state index contributed by atoms with van der Waals surface area (Å²) in [5.41, 5.74) is 9.17. The SMILES string of the molecule is CN(Cc1cnc2nc(=S)[nH]c(N)c2n1)c1ccc(C=O)cc1.CNC(C)CCC(=O)O. The average molecular weight is 458 g/mol. The molecule has 1 aromatic carbocycles. The fourth-order valence-corrected chi connectivity index (χ4v) is 2.88. The van der Waals surface area contributed by atoms with Crippen LogP contribution < -0.4 is 16.0 Å². The Morgan fingerprint density at radius 1 is 1.34 bits per heavy atom. The zero-order valence-electron chi connectivity index (χ0n) is 18.2. The number of aliphatic carboxylic acids is 1. The van der Waals surface area contributed by atoms with Gasteiger partial charge in [-0.3, -0.25) is 9.59 Å². The Kier molecular flexibility index (Phi) is 9.17. The van der Waals surface area contributed by atoms with Gasteiger partial charge in [-0.2, -0.15) is 4.98 Å². The van der Waals surface area contributed by atoms with Gasteiger partial charge in [-0.05, 0) is 56.9 Å². The number of fused-ring (bicyclic) bond motifs is 1. The molecule has 0 amide bonds. The number of aromatic nitrogens is 4.